The average Bonchev–Trinajstić information content (AvgIpc) is 2.06. The Morgan fingerprint density at radius 1 is 1.27 bits per heavy atom. The summed E-state index contributed by atoms with van der Waals surface area (Å²) in [7, 11) is 0. The van der Waals surface area contributed by atoms with Crippen LogP contribution in [-0.2, 0) is 0 Å². The Balaban J connectivity index is 2.92. The van der Waals surface area contributed by atoms with Crippen molar-refractivity contribution in [3.05, 3.63) is 34.9 Å². The van der Waals surface area contributed by atoms with Gasteiger partial charge in [-0.05, 0) is 30.5 Å². The fourth-order valence-electron chi connectivity index (χ4n) is 1.53. The van der Waals surface area contributed by atoms with Crippen LogP contribution in [0.4, 0.5) is 13.2 Å². The Morgan fingerprint density at radius 2 is 1.87 bits per heavy atom. The summed E-state index contributed by atoms with van der Waals surface area (Å²) in [5.41, 5.74) is 7.91. The van der Waals surface area contributed by atoms with E-state index in [1.165, 1.54) is 0 Å². The third-order valence-corrected chi connectivity index (χ3v) is 2.50. The molecule has 2 N–H and O–H groups in total. The van der Waals surface area contributed by atoms with Crippen LogP contribution in [0, 0.1) is 13.8 Å². The van der Waals surface area contributed by atoms with Gasteiger partial charge in [0.25, 0.3) is 0 Å². The number of hydrogen-bond donors (Lipinski definition) is 1. The second-order valence-corrected chi connectivity index (χ2v) is 3.71. The average molecular weight is 217 g/mol. The van der Waals surface area contributed by atoms with E-state index in [0.29, 0.717) is 5.56 Å². The minimum absolute atomic E-state index is 0.576. The van der Waals surface area contributed by atoms with Crippen molar-refractivity contribution in [1.29, 1.82) is 0 Å². The van der Waals surface area contributed by atoms with Crippen LogP contribution in [0.5, 0.6) is 0 Å². The molecule has 1 nitrogen and oxygen atoms in total. The monoisotopic (exact) mass is 217 g/mol. The number of nitrogens with two attached hydrogens (primary N) is 1. The molecule has 84 valence electrons. The topological polar surface area (TPSA) is 26.0 Å². The number of rotatable bonds is 2. The summed E-state index contributed by atoms with van der Waals surface area (Å²) < 4.78 is 36.4. The highest BCUT2D eigenvalue weighted by atomic mass is 19.4. The molecule has 0 saturated heterocycles. The molecule has 0 saturated carbocycles. The van der Waals surface area contributed by atoms with Crippen molar-refractivity contribution >= 4 is 0 Å². The van der Waals surface area contributed by atoms with E-state index >= 15 is 0 Å². The summed E-state index contributed by atoms with van der Waals surface area (Å²) in [6, 6.07) is 4.27. The number of benzene rings is 1. The second-order valence-electron chi connectivity index (χ2n) is 3.71. The maximum atomic E-state index is 12.1. The van der Waals surface area contributed by atoms with Crippen LogP contribution in [0.15, 0.2) is 18.2 Å². The fourth-order valence-corrected chi connectivity index (χ4v) is 1.53. The quantitative estimate of drug-likeness (QED) is 0.808. The number of halogens is 3. The molecular formula is C11H14F3N. The highest BCUT2D eigenvalue weighted by Gasteiger charge is 2.31. The van der Waals surface area contributed by atoms with Crippen LogP contribution in [0.25, 0.3) is 0 Å². The molecule has 0 heterocycles. The molecule has 1 aromatic rings. The van der Waals surface area contributed by atoms with Crippen LogP contribution in [-0.4, -0.2) is 6.18 Å². The lowest BCUT2D eigenvalue weighted by Crippen LogP contribution is -2.21. The normalized spacial score (nSPS) is 14.0. The van der Waals surface area contributed by atoms with E-state index in [-0.39, 0.29) is 0 Å². The summed E-state index contributed by atoms with van der Waals surface area (Å²) in [5, 5.41) is 0. The summed E-state index contributed by atoms with van der Waals surface area (Å²) >= 11 is 0. The first-order valence-corrected chi connectivity index (χ1v) is 4.69. The molecule has 4 heteroatoms. The molecule has 1 unspecified atom stereocenters. The molecule has 0 spiro atoms. The van der Waals surface area contributed by atoms with Crippen molar-refractivity contribution in [2.45, 2.75) is 32.5 Å². The van der Waals surface area contributed by atoms with Gasteiger partial charge in [-0.15, -0.1) is 0 Å². The lowest BCUT2D eigenvalue weighted by atomic mass is 9.96. The summed E-state index contributed by atoms with van der Waals surface area (Å²) in [6.07, 6.45) is -5.19. The highest BCUT2D eigenvalue weighted by Crippen LogP contribution is 2.29. The number of hydrogen-bond acceptors (Lipinski definition) is 1. The van der Waals surface area contributed by atoms with E-state index < -0.39 is 18.6 Å². The largest absolute Gasteiger partial charge is 0.390 e. The predicted molar refractivity (Wildman–Crippen MR) is 53.5 cm³/mol. The van der Waals surface area contributed by atoms with Gasteiger partial charge in [-0.1, -0.05) is 18.2 Å². The second kappa shape index (κ2) is 4.23. The SMILES string of the molecule is Cc1cccc(C(N)CC(F)(F)F)c1C. The lowest BCUT2D eigenvalue weighted by molar-refractivity contribution is -0.138. The smallest absolute Gasteiger partial charge is 0.324 e. The fraction of sp³-hybridized carbons (Fsp3) is 0.455. The van der Waals surface area contributed by atoms with Crippen molar-refractivity contribution in [3.63, 3.8) is 0 Å². The Bertz CT molecular complexity index is 344. The van der Waals surface area contributed by atoms with Gasteiger partial charge in [-0.25, -0.2) is 0 Å². The Hall–Kier alpha value is -1.03. The van der Waals surface area contributed by atoms with Crippen LogP contribution < -0.4 is 5.73 Å². The minimum atomic E-state index is -4.21. The van der Waals surface area contributed by atoms with Crippen molar-refractivity contribution in [2.75, 3.05) is 0 Å². The Labute approximate surface area is 87.1 Å². The van der Waals surface area contributed by atoms with Gasteiger partial charge in [0.2, 0.25) is 0 Å². The van der Waals surface area contributed by atoms with E-state index in [4.69, 9.17) is 5.73 Å². The Kier molecular flexibility index (Phi) is 3.39. The van der Waals surface area contributed by atoms with E-state index in [1.54, 1.807) is 19.1 Å². The van der Waals surface area contributed by atoms with Gasteiger partial charge >= 0.3 is 6.18 Å². The molecule has 0 aliphatic carbocycles. The molecule has 1 rings (SSSR count). The van der Waals surface area contributed by atoms with Gasteiger partial charge in [-0.3, -0.25) is 0 Å². The van der Waals surface area contributed by atoms with Gasteiger partial charge in [-0.2, -0.15) is 13.2 Å². The van der Waals surface area contributed by atoms with Crippen molar-refractivity contribution in [3.8, 4) is 0 Å². The molecule has 1 aromatic carbocycles. The van der Waals surface area contributed by atoms with Crippen LogP contribution in [0.2, 0.25) is 0 Å². The van der Waals surface area contributed by atoms with Crippen molar-refractivity contribution in [1.82, 2.24) is 0 Å². The van der Waals surface area contributed by atoms with Crippen molar-refractivity contribution < 1.29 is 13.2 Å². The number of alkyl halides is 3. The molecule has 0 aliphatic heterocycles. The maximum Gasteiger partial charge on any atom is 0.390 e. The predicted octanol–water partition coefficient (Wildman–Crippen LogP) is 3.26. The zero-order valence-electron chi connectivity index (χ0n) is 8.73. The van der Waals surface area contributed by atoms with Crippen LogP contribution in [0.3, 0.4) is 0 Å². The first-order valence-electron chi connectivity index (χ1n) is 4.69. The van der Waals surface area contributed by atoms with Gasteiger partial charge < -0.3 is 5.73 Å². The molecule has 0 aromatic heterocycles. The van der Waals surface area contributed by atoms with Gasteiger partial charge in [0, 0.05) is 6.04 Å². The zero-order chi connectivity index (χ0) is 11.6. The lowest BCUT2D eigenvalue weighted by Gasteiger charge is -2.17. The third kappa shape index (κ3) is 3.23. The first-order chi connectivity index (χ1) is 6.81. The van der Waals surface area contributed by atoms with Gasteiger partial charge in [0.05, 0.1) is 6.42 Å². The molecule has 0 bridgehead atoms. The van der Waals surface area contributed by atoms with Gasteiger partial charge in [0.1, 0.15) is 0 Å². The summed E-state index contributed by atoms with van der Waals surface area (Å²) in [5.74, 6) is 0. The van der Waals surface area contributed by atoms with E-state index in [2.05, 4.69) is 0 Å². The van der Waals surface area contributed by atoms with E-state index in [1.807, 2.05) is 13.0 Å². The molecular weight excluding hydrogens is 203 g/mol. The molecule has 1 atom stereocenters. The van der Waals surface area contributed by atoms with E-state index in [0.717, 1.165) is 11.1 Å². The number of aryl methyl sites for hydroxylation is 1. The Morgan fingerprint density at radius 3 is 2.40 bits per heavy atom. The maximum absolute atomic E-state index is 12.1. The molecule has 0 amide bonds. The van der Waals surface area contributed by atoms with Crippen LogP contribution >= 0.6 is 0 Å². The molecule has 0 aliphatic rings. The highest BCUT2D eigenvalue weighted by molar-refractivity contribution is 5.35. The summed E-state index contributed by atoms with van der Waals surface area (Å²) in [6.45, 7) is 3.65. The standard InChI is InChI=1S/C11H14F3N/c1-7-4-3-5-9(8(7)2)10(15)6-11(12,13)14/h3-5,10H,6,15H2,1-2H3. The van der Waals surface area contributed by atoms with Crippen molar-refractivity contribution in [2.24, 2.45) is 5.73 Å². The van der Waals surface area contributed by atoms with E-state index in [9.17, 15) is 13.2 Å². The molecule has 0 fully saturated rings. The molecule has 15 heavy (non-hydrogen) atoms. The first kappa shape index (κ1) is 12.0. The summed E-state index contributed by atoms with van der Waals surface area (Å²) in [4.78, 5) is 0. The van der Waals surface area contributed by atoms with Crippen LogP contribution in [0.1, 0.15) is 29.2 Å². The zero-order valence-corrected chi connectivity index (χ0v) is 8.73. The molecule has 0 radical (unpaired) electrons. The van der Waals surface area contributed by atoms with Gasteiger partial charge in [0.15, 0.2) is 0 Å². The third-order valence-electron chi connectivity index (χ3n) is 2.50. The minimum Gasteiger partial charge on any atom is -0.324 e.